The van der Waals surface area contributed by atoms with Crippen molar-refractivity contribution in [1.29, 1.82) is 0 Å². The Morgan fingerprint density at radius 1 is 1.47 bits per heavy atom. The molecule has 0 fully saturated rings. The second-order valence-corrected chi connectivity index (χ2v) is 5.65. The number of esters is 1. The van der Waals surface area contributed by atoms with Gasteiger partial charge >= 0.3 is 5.97 Å². The molecule has 1 aliphatic rings. The molecule has 1 heterocycles. The molecule has 19 heavy (non-hydrogen) atoms. The van der Waals surface area contributed by atoms with Crippen LogP contribution in [0.25, 0.3) is 0 Å². The molecule has 0 unspecified atom stereocenters. The van der Waals surface area contributed by atoms with E-state index < -0.39 is 12.0 Å². The number of amides is 1. The highest BCUT2D eigenvalue weighted by atomic mass is 32.2. The first-order chi connectivity index (χ1) is 9.11. The Morgan fingerprint density at radius 2 is 2.21 bits per heavy atom. The van der Waals surface area contributed by atoms with Crippen molar-refractivity contribution in [3.63, 3.8) is 0 Å². The van der Waals surface area contributed by atoms with Crippen molar-refractivity contribution in [2.24, 2.45) is 0 Å². The highest BCUT2D eigenvalue weighted by Crippen LogP contribution is 2.36. The molecule has 1 aliphatic heterocycles. The lowest BCUT2D eigenvalue weighted by Crippen LogP contribution is -2.43. The van der Waals surface area contributed by atoms with Crippen molar-refractivity contribution >= 4 is 23.6 Å². The first-order valence-corrected chi connectivity index (χ1v) is 7.21. The summed E-state index contributed by atoms with van der Waals surface area (Å²) in [5, 5.41) is 2.55. The van der Waals surface area contributed by atoms with Crippen molar-refractivity contribution in [1.82, 2.24) is 5.32 Å². The van der Waals surface area contributed by atoms with Gasteiger partial charge in [-0.1, -0.05) is 18.2 Å². The fourth-order valence-corrected chi connectivity index (χ4v) is 3.17. The number of carbonyl (C=O) groups excluding carboxylic acids is 2. The van der Waals surface area contributed by atoms with E-state index in [-0.39, 0.29) is 11.2 Å². The average Bonchev–Trinajstić information content (AvgIpc) is 2.82. The van der Waals surface area contributed by atoms with E-state index in [1.165, 1.54) is 5.56 Å². The van der Waals surface area contributed by atoms with Crippen molar-refractivity contribution in [3.8, 4) is 0 Å². The van der Waals surface area contributed by atoms with Gasteiger partial charge in [-0.15, -0.1) is 11.8 Å². The summed E-state index contributed by atoms with van der Waals surface area (Å²) in [6, 6.07) is 7.39. The molecular weight excluding hydrogens is 262 g/mol. The molecule has 0 radical (unpaired) electrons. The predicted octanol–water partition coefficient (Wildman–Crippen LogP) is 1.77. The monoisotopic (exact) mass is 279 g/mol. The Bertz CT molecular complexity index is 464. The first kappa shape index (κ1) is 13.9. The van der Waals surface area contributed by atoms with Crippen LogP contribution in [0.2, 0.25) is 0 Å². The topological polar surface area (TPSA) is 55.4 Å². The minimum absolute atomic E-state index is 0.109. The third-order valence-electron chi connectivity index (χ3n) is 2.94. The fourth-order valence-electron chi connectivity index (χ4n) is 1.96. The highest BCUT2D eigenvalue weighted by molar-refractivity contribution is 8.01. The Labute approximate surface area is 116 Å². The van der Waals surface area contributed by atoms with Crippen LogP contribution in [0, 0.1) is 0 Å². The maximum atomic E-state index is 12.1. The summed E-state index contributed by atoms with van der Waals surface area (Å²) >= 11 is 1.55. The van der Waals surface area contributed by atoms with Gasteiger partial charge in [-0.2, -0.15) is 0 Å². The summed E-state index contributed by atoms with van der Waals surface area (Å²) in [6.45, 7) is 3.71. The number of ether oxygens (including phenoxy) is 1. The van der Waals surface area contributed by atoms with Gasteiger partial charge in [-0.25, -0.2) is 4.79 Å². The largest absolute Gasteiger partial charge is 0.464 e. The second kappa shape index (κ2) is 6.10. The molecule has 1 N–H and O–H groups in total. The molecule has 0 aromatic heterocycles. The molecule has 2 rings (SSSR count). The second-order valence-electron chi connectivity index (χ2n) is 4.40. The minimum Gasteiger partial charge on any atom is -0.464 e. The summed E-state index contributed by atoms with van der Waals surface area (Å²) in [6.07, 6.45) is 0.711. The SMILES string of the molecule is CCOC(=O)[C@H](C)NC(=O)[C@@H]1Cc2ccccc2S1. The van der Waals surface area contributed by atoms with Crippen LogP contribution in [-0.2, 0) is 20.7 Å². The van der Waals surface area contributed by atoms with Crippen LogP contribution in [0.15, 0.2) is 29.2 Å². The quantitative estimate of drug-likeness (QED) is 0.854. The Balaban J connectivity index is 1.91. The number of nitrogens with one attached hydrogen (secondary N) is 1. The predicted molar refractivity (Wildman–Crippen MR) is 74.0 cm³/mol. The number of hydrogen-bond acceptors (Lipinski definition) is 4. The molecule has 5 heteroatoms. The van der Waals surface area contributed by atoms with Crippen molar-refractivity contribution in [3.05, 3.63) is 29.8 Å². The molecule has 4 nitrogen and oxygen atoms in total. The lowest BCUT2D eigenvalue weighted by Gasteiger charge is -2.15. The number of benzene rings is 1. The normalized spacial score (nSPS) is 18.5. The summed E-state index contributed by atoms with van der Waals surface area (Å²) in [5.74, 6) is -0.502. The molecular formula is C14H17NO3S. The van der Waals surface area contributed by atoms with Gasteiger partial charge in [0.05, 0.1) is 11.9 Å². The van der Waals surface area contributed by atoms with E-state index in [1.54, 1.807) is 25.6 Å². The van der Waals surface area contributed by atoms with Crippen LogP contribution in [0.3, 0.4) is 0 Å². The Morgan fingerprint density at radius 3 is 2.89 bits per heavy atom. The lowest BCUT2D eigenvalue weighted by molar-refractivity contribution is -0.146. The summed E-state index contributed by atoms with van der Waals surface area (Å²) in [7, 11) is 0. The zero-order valence-corrected chi connectivity index (χ0v) is 11.8. The third kappa shape index (κ3) is 3.29. The number of hydrogen-bond donors (Lipinski definition) is 1. The van der Waals surface area contributed by atoms with E-state index in [1.807, 2.05) is 24.3 Å². The van der Waals surface area contributed by atoms with Crippen LogP contribution >= 0.6 is 11.8 Å². The van der Waals surface area contributed by atoms with Crippen LogP contribution in [0.5, 0.6) is 0 Å². The molecule has 1 amide bonds. The number of thioether (sulfide) groups is 1. The van der Waals surface area contributed by atoms with Gasteiger partial charge in [-0.3, -0.25) is 4.79 Å². The van der Waals surface area contributed by atoms with Gasteiger partial charge in [0.1, 0.15) is 6.04 Å². The third-order valence-corrected chi connectivity index (χ3v) is 4.26. The van der Waals surface area contributed by atoms with E-state index in [9.17, 15) is 9.59 Å². The molecule has 1 aromatic carbocycles. The lowest BCUT2D eigenvalue weighted by atomic mass is 10.1. The molecule has 0 saturated carbocycles. The molecule has 2 atom stereocenters. The molecule has 1 aromatic rings. The van der Waals surface area contributed by atoms with E-state index in [2.05, 4.69) is 5.32 Å². The van der Waals surface area contributed by atoms with Gasteiger partial charge in [0, 0.05) is 4.90 Å². The maximum Gasteiger partial charge on any atom is 0.328 e. The van der Waals surface area contributed by atoms with Gasteiger partial charge in [0.2, 0.25) is 5.91 Å². The van der Waals surface area contributed by atoms with Gasteiger partial charge in [0.15, 0.2) is 0 Å². The maximum absolute atomic E-state index is 12.1. The first-order valence-electron chi connectivity index (χ1n) is 6.33. The van der Waals surface area contributed by atoms with Crippen LogP contribution in [0.4, 0.5) is 0 Å². The van der Waals surface area contributed by atoms with Crippen molar-refractivity contribution in [2.45, 2.75) is 36.5 Å². The summed E-state index contributed by atoms with van der Waals surface area (Å²) in [5.41, 5.74) is 1.19. The van der Waals surface area contributed by atoms with E-state index in [0.29, 0.717) is 13.0 Å². The standard InChI is InChI=1S/C14H17NO3S/c1-3-18-14(17)9(2)15-13(16)12-8-10-6-4-5-7-11(10)19-12/h4-7,9,12H,3,8H2,1-2H3,(H,15,16)/t9-,12-/m0/s1. The van der Waals surface area contributed by atoms with Crippen LogP contribution in [-0.4, -0.2) is 29.8 Å². The Hall–Kier alpha value is -1.49. The molecule has 0 spiro atoms. The zero-order valence-electron chi connectivity index (χ0n) is 11.0. The number of rotatable bonds is 4. The van der Waals surface area contributed by atoms with Crippen molar-refractivity contribution in [2.75, 3.05) is 6.61 Å². The minimum atomic E-state index is -0.600. The van der Waals surface area contributed by atoms with Gasteiger partial charge in [0.25, 0.3) is 0 Å². The van der Waals surface area contributed by atoms with E-state index in [4.69, 9.17) is 4.74 Å². The zero-order chi connectivity index (χ0) is 13.8. The van der Waals surface area contributed by atoms with Gasteiger partial charge in [-0.05, 0) is 31.9 Å². The summed E-state index contributed by atoms with van der Waals surface area (Å²) < 4.78 is 4.87. The Kier molecular flexibility index (Phi) is 4.47. The van der Waals surface area contributed by atoms with E-state index >= 15 is 0 Å². The molecule has 0 aliphatic carbocycles. The smallest absolute Gasteiger partial charge is 0.328 e. The molecule has 0 saturated heterocycles. The van der Waals surface area contributed by atoms with Crippen LogP contribution < -0.4 is 5.32 Å². The van der Waals surface area contributed by atoms with Crippen LogP contribution in [0.1, 0.15) is 19.4 Å². The molecule has 102 valence electrons. The highest BCUT2D eigenvalue weighted by Gasteiger charge is 2.29. The number of carbonyl (C=O) groups is 2. The average molecular weight is 279 g/mol. The summed E-state index contributed by atoms with van der Waals surface area (Å²) in [4.78, 5) is 24.7. The van der Waals surface area contributed by atoms with Crippen molar-refractivity contribution < 1.29 is 14.3 Å². The fraction of sp³-hybridized carbons (Fsp3) is 0.429. The number of fused-ring (bicyclic) bond motifs is 1. The van der Waals surface area contributed by atoms with E-state index in [0.717, 1.165) is 4.90 Å². The molecule has 0 bridgehead atoms. The van der Waals surface area contributed by atoms with Gasteiger partial charge < -0.3 is 10.1 Å².